The van der Waals surface area contributed by atoms with Crippen LogP contribution >= 0.6 is 0 Å². The van der Waals surface area contributed by atoms with Gasteiger partial charge in [0.05, 0.1) is 6.26 Å². The van der Waals surface area contributed by atoms with Crippen molar-refractivity contribution in [3.63, 3.8) is 0 Å². The van der Waals surface area contributed by atoms with Crippen LogP contribution in [0.4, 0.5) is 0 Å². The van der Waals surface area contributed by atoms with E-state index in [2.05, 4.69) is 6.07 Å². The highest BCUT2D eigenvalue weighted by atomic mass is 16.3. The Kier molecular flexibility index (Phi) is 1.08. The molecular weight excluding hydrogens is 112 g/mol. The maximum atomic E-state index is 5.20. The lowest BCUT2D eigenvalue weighted by atomic mass is 9.99. The van der Waals surface area contributed by atoms with E-state index >= 15 is 0 Å². The molecule has 1 heteroatoms. The lowest BCUT2D eigenvalue weighted by Crippen LogP contribution is -1.97. The van der Waals surface area contributed by atoms with Crippen LogP contribution in [0.25, 0.3) is 0 Å². The highest BCUT2D eigenvalue weighted by molar-refractivity contribution is 5.17. The lowest BCUT2D eigenvalue weighted by molar-refractivity contribution is 0.478. The van der Waals surface area contributed by atoms with Gasteiger partial charge in [-0.05, 0) is 19.3 Å². The first kappa shape index (κ1) is 5.10. The minimum Gasteiger partial charge on any atom is -0.468 e. The van der Waals surface area contributed by atoms with Crippen molar-refractivity contribution < 1.29 is 4.42 Å². The van der Waals surface area contributed by atoms with Gasteiger partial charge < -0.3 is 4.42 Å². The minimum atomic E-state index is 1.12. The zero-order valence-corrected chi connectivity index (χ0v) is 5.31. The number of fused-ring (bicyclic) bond motifs is 1. The Morgan fingerprint density at radius 3 is 3.11 bits per heavy atom. The molecule has 1 aromatic heterocycles. The summed E-state index contributed by atoms with van der Waals surface area (Å²) in [6, 6.07) is 3.09. The summed E-state index contributed by atoms with van der Waals surface area (Å²) in [5, 5.41) is 0. The first-order valence-electron chi connectivity index (χ1n) is 3.44. The zero-order chi connectivity index (χ0) is 6.10. The topological polar surface area (TPSA) is 13.1 Å². The third-order valence-electron chi connectivity index (χ3n) is 1.85. The fourth-order valence-electron chi connectivity index (χ4n) is 1.33. The monoisotopic (exact) mass is 121 g/mol. The second-order valence-corrected chi connectivity index (χ2v) is 2.49. The molecule has 1 aliphatic carbocycles. The Bertz CT molecular complexity index is 180. The Morgan fingerprint density at radius 2 is 2.22 bits per heavy atom. The van der Waals surface area contributed by atoms with Crippen molar-refractivity contribution in [1.29, 1.82) is 0 Å². The summed E-state index contributed by atoms with van der Waals surface area (Å²) in [5.41, 5.74) is 1.31. The molecule has 0 fully saturated rings. The van der Waals surface area contributed by atoms with Crippen LogP contribution < -0.4 is 0 Å². The number of hydrogen-bond acceptors (Lipinski definition) is 1. The second-order valence-electron chi connectivity index (χ2n) is 2.49. The molecule has 0 aliphatic heterocycles. The highest BCUT2D eigenvalue weighted by Crippen LogP contribution is 2.20. The van der Waals surface area contributed by atoms with Crippen LogP contribution in [0.15, 0.2) is 10.7 Å². The molecule has 0 aromatic carbocycles. The Hall–Kier alpha value is -0.720. The quantitative estimate of drug-likeness (QED) is 0.511. The van der Waals surface area contributed by atoms with E-state index in [9.17, 15) is 0 Å². The predicted molar refractivity (Wildman–Crippen MR) is 34.2 cm³/mol. The Labute approximate surface area is 54.7 Å². The molecule has 1 aliphatic rings. The van der Waals surface area contributed by atoms with E-state index in [4.69, 9.17) is 4.42 Å². The van der Waals surface area contributed by atoms with Crippen LogP contribution in [0, 0.1) is 6.07 Å². The van der Waals surface area contributed by atoms with Crippen molar-refractivity contribution in [3.05, 3.63) is 23.7 Å². The molecule has 1 aromatic rings. The van der Waals surface area contributed by atoms with Gasteiger partial charge in [-0.15, -0.1) is 0 Å². The molecule has 0 unspecified atom stereocenters. The molecule has 1 nitrogen and oxygen atoms in total. The van der Waals surface area contributed by atoms with Gasteiger partial charge in [0.2, 0.25) is 0 Å². The number of hydrogen-bond donors (Lipinski definition) is 0. The van der Waals surface area contributed by atoms with Gasteiger partial charge in [0.1, 0.15) is 5.76 Å². The summed E-state index contributed by atoms with van der Waals surface area (Å²) in [7, 11) is 0. The summed E-state index contributed by atoms with van der Waals surface area (Å²) in [6.07, 6.45) is 6.57. The summed E-state index contributed by atoms with van der Waals surface area (Å²) in [4.78, 5) is 0. The van der Waals surface area contributed by atoms with E-state index in [0.29, 0.717) is 0 Å². The standard InChI is InChI=1S/C8H9O/c1-2-4-8-7(3-1)5-6-9-8/h6H,1-4H2. The molecule has 1 heterocycles. The molecular formula is C8H9O. The lowest BCUT2D eigenvalue weighted by Gasteiger charge is -2.06. The van der Waals surface area contributed by atoms with Crippen LogP contribution in [0.5, 0.6) is 0 Å². The van der Waals surface area contributed by atoms with Gasteiger partial charge >= 0.3 is 0 Å². The summed E-state index contributed by atoms with van der Waals surface area (Å²) < 4.78 is 5.20. The van der Waals surface area contributed by atoms with Crippen molar-refractivity contribution in [2.45, 2.75) is 25.7 Å². The first-order chi connectivity index (χ1) is 4.47. The van der Waals surface area contributed by atoms with Crippen molar-refractivity contribution in [3.8, 4) is 0 Å². The van der Waals surface area contributed by atoms with Gasteiger partial charge in [0.25, 0.3) is 0 Å². The van der Waals surface area contributed by atoms with Crippen LogP contribution in [0.2, 0.25) is 0 Å². The van der Waals surface area contributed by atoms with E-state index in [0.717, 1.165) is 6.42 Å². The normalized spacial score (nSPS) is 17.3. The van der Waals surface area contributed by atoms with Gasteiger partial charge in [-0.2, -0.15) is 0 Å². The summed E-state index contributed by atoms with van der Waals surface area (Å²) in [6.45, 7) is 0. The van der Waals surface area contributed by atoms with E-state index in [1.54, 1.807) is 6.26 Å². The molecule has 2 rings (SSSR count). The number of rotatable bonds is 0. The van der Waals surface area contributed by atoms with E-state index in [1.165, 1.54) is 30.6 Å². The van der Waals surface area contributed by atoms with E-state index in [1.807, 2.05) is 0 Å². The first-order valence-corrected chi connectivity index (χ1v) is 3.44. The van der Waals surface area contributed by atoms with E-state index in [-0.39, 0.29) is 0 Å². The second kappa shape index (κ2) is 1.90. The molecule has 9 heavy (non-hydrogen) atoms. The van der Waals surface area contributed by atoms with Crippen LogP contribution in [0.1, 0.15) is 24.2 Å². The van der Waals surface area contributed by atoms with Crippen molar-refractivity contribution in [1.82, 2.24) is 0 Å². The van der Waals surface area contributed by atoms with Crippen molar-refractivity contribution in [2.75, 3.05) is 0 Å². The number of furan rings is 1. The van der Waals surface area contributed by atoms with Crippen LogP contribution in [0.3, 0.4) is 0 Å². The fourth-order valence-corrected chi connectivity index (χ4v) is 1.33. The molecule has 0 amide bonds. The molecule has 47 valence electrons. The largest absolute Gasteiger partial charge is 0.468 e. The van der Waals surface area contributed by atoms with Gasteiger partial charge in [0, 0.05) is 18.1 Å². The van der Waals surface area contributed by atoms with Gasteiger partial charge in [0.15, 0.2) is 0 Å². The smallest absolute Gasteiger partial charge is 0.107 e. The Morgan fingerprint density at radius 1 is 1.33 bits per heavy atom. The Balaban J connectivity index is 2.39. The molecule has 0 spiro atoms. The fraction of sp³-hybridized carbons (Fsp3) is 0.500. The maximum Gasteiger partial charge on any atom is 0.107 e. The SMILES string of the molecule is [c]1coc2c1CCCC2. The molecule has 0 saturated heterocycles. The third kappa shape index (κ3) is 0.766. The molecule has 0 saturated carbocycles. The average Bonchev–Trinajstić information content (AvgIpc) is 2.33. The minimum absolute atomic E-state index is 1.12. The summed E-state index contributed by atoms with van der Waals surface area (Å²) in [5.74, 6) is 1.17. The number of aryl methyl sites for hydroxylation is 2. The van der Waals surface area contributed by atoms with Gasteiger partial charge in [-0.25, -0.2) is 0 Å². The van der Waals surface area contributed by atoms with Crippen molar-refractivity contribution in [2.24, 2.45) is 0 Å². The third-order valence-corrected chi connectivity index (χ3v) is 1.85. The highest BCUT2D eigenvalue weighted by Gasteiger charge is 2.10. The van der Waals surface area contributed by atoms with E-state index < -0.39 is 0 Å². The molecule has 0 N–H and O–H groups in total. The average molecular weight is 121 g/mol. The van der Waals surface area contributed by atoms with Gasteiger partial charge in [-0.1, -0.05) is 0 Å². The van der Waals surface area contributed by atoms with Crippen LogP contribution in [-0.4, -0.2) is 0 Å². The summed E-state index contributed by atoms with van der Waals surface area (Å²) >= 11 is 0. The van der Waals surface area contributed by atoms with Crippen molar-refractivity contribution >= 4 is 0 Å². The molecule has 1 radical (unpaired) electrons. The molecule has 0 bridgehead atoms. The molecule has 0 atom stereocenters. The maximum absolute atomic E-state index is 5.20. The van der Waals surface area contributed by atoms with Crippen LogP contribution in [-0.2, 0) is 12.8 Å². The van der Waals surface area contributed by atoms with Gasteiger partial charge in [-0.3, -0.25) is 0 Å². The predicted octanol–water partition coefficient (Wildman–Crippen LogP) is 1.96. The zero-order valence-electron chi connectivity index (χ0n) is 5.31.